The van der Waals surface area contributed by atoms with Crippen molar-refractivity contribution in [1.29, 1.82) is 0 Å². The van der Waals surface area contributed by atoms with Crippen molar-refractivity contribution in [3.8, 4) is 0 Å². The molecule has 5 heteroatoms. The van der Waals surface area contributed by atoms with E-state index in [0.717, 1.165) is 58.7 Å². The average Bonchev–Trinajstić information content (AvgIpc) is 3.34. The molecule has 3 aliphatic rings. The van der Waals surface area contributed by atoms with Crippen LogP contribution >= 0.6 is 11.3 Å². The predicted octanol–water partition coefficient (Wildman–Crippen LogP) is 2.98. The molecule has 3 aliphatic heterocycles. The minimum atomic E-state index is 0.101. The van der Waals surface area contributed by atoms with Gasteiger partial charge in [-0.1, -0.05) is 0 Å². The van der Waals surface area contributed by atoms with E-state index in [2.05, 4.69) is 26.6 Å². The Labute approximate surface area is 149 Å². The van der Waals surface area contributed by atoms with Gasteiger partial charge in [0.25, 0.3) is 0 Å². The van der Waals surface area contributed by atoms with Gasteiger partial charge in [-0.05, 0) is 61.2 Å². The molecule has 24 heavy (non-hydrogen) atoms. The van der Waals surface area contributed by atoms with Gasteiger partial charge >= 0.3 is 0 Å². The first-order chi connectivity index (χ1) is 11.8. The van der Waals surface area contributed by atoms with Crippen molar-refractivity contribution in [2.24, 2.45) is 0 Å². The molecule has 3 fully saturated rings. The molecule has 0 bridgehead atoms. The molecular weight excluding hydrogens is 320 g/mol. The Hall–Kier alpha value is -0.460. The Morgan fingerprint density at radius 2 is 2.00 bits per heavy atom. The summed E-state index contributed by atoms with van der Waals surface area (Å²) in [5, 5.41) is 4.44. The number of piperidine rings is 1. The van der Waals surface area contributed by atoms with E-state index in [1.54, 1.807) is 11.3 Å². The van der Waals surface area contributed by atoms with Crippen LogP contribution in [0.2, 0.25) is 0 Å². The standard InChI is InChI=1S/C19H30N2O2S/c1-2-7-20(6-1)10-11-22-18-13-19(23-15-18)4-8-21(9-5-19)14-17-3-12-24-16-17/h3,12,16,18H,1-2,4-11,13-15H2/t18-/m1/s1. The van der Waals surface area contributed by atoms with Crippen LogP contribution in [-0.2, 0) is 16.0 Å². The van der Waals surface area contributed by atoms with E-state index in [1.807, 2.05) is 0 Å². The quantitative estimate of drug-likeness (QED) is 0.787. The highest BCUT2D eigenvalue weighted by atomic mass is 32.1. The summed E-state index contributed by atoms with van der Waals surface area (Å²) in [5.41, 5.74) is 1.55. The Morgan fingerprint density at radius 1 is 1.17 bits per heavy atom. The van der Waals surface area contributed by atoms with Crippen molar-refractivity contribution in [2.75, 3.05) is 45.9 Å². The Bertz CT molecular complexity index is 493. The number of likely N-dealkylation sites (tertiary alicyclic amines) is 2. The highest BCUT2D eigenvalue weighted by Gasteiger charge is 2.43. The molecule has 0 aromatic carbocycles. The van der Waals surface area contributed by atoms with Crippen molar-refractivity contribution in [3.05, 3.63) is 22.4 Å². The molecule has 0 aliphatic carbocycles. The minimum Gasteiger partial charge on any atom is -0.374 e. The van der Waals surface area contributed by atoms with Gasteiger partial charge in [0.2, 0.25) is 0 Å². The maximum atomic E-state index is 6.24. The topological polar surface area (TPSA) is 24.9 Å². The van der Waals surface area contributed by atoms with Crippen LogP contribution in [0, 0.1) is 0 Å². The molecule has 134 valence electrons. The number of hydrogen-bond donors (Lipinski definition) is 0. The van der Waals surface area contributed by atoms with Crippen LogP contribution in [0.15, 0.2) is 16.8 Å². The van der Waals surface area contributed by atoms with E-state index in [1.165, 1.54) is 31.5 Å². The smallest absolute Gasteiger partial charge is 0.0836 e. The van der Waals surface area contributed by atoms with Crippen LogP contribution in [0.4, 0.5) is 0 Å². The largest absolute Gasteiger partial charge is 0.374 e. The van der Waals surface area contributed by atoms with E-state index >= 15 is 0 Å². The first-order valence-electron chi connectivity index (χ1n) is 9.53. The van der Waals surface area contributed by atoms with E-state index in [9.17, 15) is 0 Å². The molecule has 1 aromatic rings. The van der Waals surface area contributed by atoms with Gasteiger partial charge in [-0.25, -0.2) is 0 Å². The molecule has 4 heterocycles. The third-order valence-corrected chi connectivity index (χ3v) is 6.62. The first kappa shape index (κ1) is 17.0. The summed E-state index contributed by atoms with van der Waals surface area (Å²) >= 11 is 1.79. The predicted molar refractivity (Wildman–Crippen MR) is 97.5 cm³/mol. The molecule has 0 radical (unpaired) electrons. The summed E-state index contributed by atoms with van der Waals surface area (Å²) in [6.45, 7) is 8.67. The highest BCUT2D eigenvalue weighted by Crippen LogP contribution is 2.37. The van der Waals surface area contributed by atoms with Gasteiger partial charge in [-0.15, -0.1) is 0 Å². The van der Waals surface area contributed by atoms with Gasteiger partial charge in [-0.2, -0.15) is 11.3 Å². The summed E-state index contributed by atoms with van der Waals surface area (Å²) in [5.74, 6) is 0. The second-order valence-electron chi connectivity index (χ2n) is 7.65. The Morgan fingerprint density at radius 3 is 2.75 bits per heavy atom. The monoisotopic (exact) mass is 350 g/mol. The van der Waals surface area contributed by atoms with Gasteiger partial charge in [0, 0.05) is 32.6 Å². The van der Waals surface area contributed by atoms with Crippen LogP contribution < -0.4 is 0 Å². The summed E-state index contributed by atoms with van der Waals surface area (Å²) < 4.78 is 12.4. The summed E-state index contributed by atoms with van der Waals surface area (Å²) in [6.07, 6.45) is 6.44. The van der Waals surface area contributed by atoms with Crippen molar-refractivity contribution in [1.82, 2.24) is 9.80 Å². The molecule has 1 aromatic heterocycles. The molecule has 4 nitrogen and oxygen atoms in total. The molecular formula is C19H30N2O2S. The second kappa shape index (κ2) is 7.83. The fraction of sp³-hybridized carbons (Fsp3) is 0.789. The van der Waals surface area contributed by atoms with Gasteiger partial charge < -0.3 is 14.4 Å². The number of rotatable bonds is 6. The first-order valence-corrected chi connectivity index (χ1v) is 10.5. The maximum Gasteiger partial charge on any atom is 0.0836 e. The number of nitrogens with zero attached hydrogens (tertiary/aromatic N) is 2. The molecule has 0 unspecified atom stereocenters. The van der Waals surface area contributed by atoms with Gasteiger partial charge in [-0.3, -0.25) is 4.90 Å². The van der Waals surface area contributed by atoms with Gasteiger partial charge in [0.05, 0.1) is 24.9 Å². The number of ether oxygens (including phenoxy) is 2. The van der Waals surface area contributed by atoms with Crippen molar-refractivity contribution in [3.63, 3.8) is 0 Å². The molecule has 0 amide bonds. The Kier molecular flexibility index (Phi) is 5.54. The lowest BCUT2D eigenvalue weighted by Crippen LogP contribution is -2.43. The molecule has 1 spiro atoms. The van der Waals surface area contributed by atoms with E-state index in [4.69, 9.17) is 9.47 Å². The second-order valence-corrected chi connectivity index (χ2v) is 8.43. The van der Waals surface area contributed by atoms with Crippen LogP contribution in [0.5, 0.6) is 0 Å². The lowest BCUT2D eigenvalue weighted by Gasteiger charge is -2.38. The molecule has 3 saturated heterocycles. The summed E-state index contributed by atoms with van der Waals surface area (Å²) in [6, 6.07) is 2.24. The maximum absolute atomic E-state index is 6.24. The zero-order valence-corrected chi connectivity index (χ0v) is 15.4. The van der Waals surface area contributed by atoms with E-state index in [-0.39, 0.29) is 5.60 Å². The summed E-state index contributed by atoms with van der Waals surface area (Å²) in [7, 11) is 0. The zero-order chi connectivity index (χ0) is 16.2. The SMILES string of the molecule is c1cc(CN2CCC3(CC2)C[C@@H](OCCN2CCCC2)CO3)cs1. The molecule has 1 atom stereocenters. The van der Waals surface area contributed by atoms with Crippen LogP contribution in [0.3, 0.4) is 0 Å². The third kappa shape index (κ3) is 4.20. The van der Waals surface area contributed by atoms with Crippen molar-refractivity contribution in [2.45, 2.75) is 50.4 Å². The van der Waals surface area contributed by atoms with Crippen molar-refractivity contribution >= 4 is 11.3 Å². The molecule has 0 N–H and O–H groups in total. The average molecular weight is 351 g/mol. The summed E-state index contributed by atoms with van der Waals surface area (Å²) in [4.78, 5) is 5.09. The van der Waals surface area contributed by atoms with Gasteiger partial charge in [0.1, 0.15) is 0 Å². The van der Waals surface area contributed by atoms with Crippen molar-refractivity contribution < 1.29 is 9.47 Å². The fourth-order valence-electron chi connectivity index (χ4n) is 4.37. The van der Waals surface area contributed by atoms with Gasteiger partial charge in [0.15, 0.2) is 0 Å². The highest BCUT2D eigenvalue weighted by molar-refractivity contribution is 7.07. The zero-order valence-electron chi connectivity index (χ0n) is 14.6. The van der Waals surface area contributed by atoms with E-state index < -0.39 is 0 Å². The minimum absolute atomic E-state index is 0.101. The Balaban J connectivity index is 1.17. The normalized spacial score (nSPS) is 28.1. The van der Waals surface area contributed by atoms with Crippen LogP contribution in [-0.4, -0.2) is 67.4 Å². The lowest BCUT2D eigenvalue weighted by atomic mass is 9.88. The number of thiophene rings is 1. The van der Waals surface area contributed by atoms with Crippen LogP contribution in [0.1, 0.15) is 37.7 Å². The third-order valence-electron chi connectivity index (χ3n) is 5.89. The van der Waals surface area contributed by atoms with Crippen LogP contribution in [0.25, 0.3) is 0 Å². The molecule has 4 rings (SSSR count). The van der Waals surface area contributed by atoms with E-state index in [0.29, 0.717) is 6.10 Å². The lowest BCUT2D eigenvalue weighted by molar-refractivity contribution is -0.0466. The number of hydrogen-bond acceptors (Lipinski definition) is 5. The molecule has 0 saturated carbocycles. The fourth-order valence-corrected chi connectivity index (χ4v) is 5.03.